The van der Waals surface area contributed by atoms with Crippen LogP contribution >= 0.6 is 0 Å². The van der Waals surface area contributed by atoms with Crippen molar-refractivity contribution in [3.63, 3.8) is 0 Å². The number of aliphatic hydroxyl groups is 1. The fourth-order valence-electron chi connectivity index (χ4n) is 4.71. The van der Waals surface area contributed by atoms with Gasteiger partial charge < -0.3 is 14.9 Å². The number of anilines is 2. The number of aromatic nitrogens is 4. The predicted octanol–water partition coefficient (Wildman–Crippen LogP) is 4.20. The molecule has 34 heavy (non-hydrogen) atoms. The van der Waals surface area contributed by atoms with Crippen LogP contribution in [0.15, 0.2) is 42.7 Å². The summed E-state index contributed by atoms with van der Waals surface area (Å²) in [4.78, 5) is 13.8. The normalized spacial score (nSPS) is 16.7. The van der Waals surface area contributed by atoms with E-state index in [0.29, 0.717) is 18.5 Å². The Labute approximate surface area is 202 Å². The molecule has 1 aromatic carbocycles. The molecule has 1 aliphatic heterocycles. The standard InChI is InChI=1S/C27H36N6O/c1-6-27(34,7-2)24-16-29-25(17-28-24)33-14-13-32(18-19(33)3)26-21(5)20(4)23(30-31-26)15-22-11-9-8-10-12-22/h8-12,16-17,19,34H,6-7,13-15,18H2,1-5H3. The fraction of sp³-hybridized carbons (Fsp3) is 0.481. The molecule has 1 atom stereocenters. The van der Waals surface area contributed by atoms with E-state index < -0.39 is 5.60 Å². The van der Waals surface area contributed by atoms with Crippen molar-refractivity contribution in [2.24, 2.45) is 0 Å². The van der Waals surface area contributed by atoms with E-state index in [4.69, 9.17) is 0 Å². The third-order valence-electron chi connectivity index (χ3n) is 7.32. The highest BCUT2D eigenvalue weighted by Crippen LogP contribution is 2.29. The van der Waals surface area contributed by atoms with E-state index >= 15 is 0 Å². The number of nitrogens with zero attached hydrogens (tertiary/aromatic N) is 6. The molecule has 1 aliphatic rings. The summed E-state index contributed by atoms with van der Waals surface area (Å²) in [5.74, 6) is 1.82. The summed E-state index contributed by atoms with van der Waals surface area (Å²) in [7, 11) is 0. The molecule has 1 fully saturated rings. The van der Waals surface area contributed by atoms with Gasteiger partial charge in [-0.15, -0.1) is 5.10 Å². The second kappa shape index (κ2) is 10.1. The van der Waals surface area contributed by atoms with Gasteiger partial charge in [-0.05, 0) is 50.3 Å². The van der Waals surface area contributed by atoms with Crippen molar-refractivity contribution in [1.82, 2.24) is 20.2 Å². The third-order valence-corrected chi connectivity index (χ3v) is 7.32. The van der Waals surface area contributed by atoms with Crippen LogP contribution in [-0.4, -0.2) is 50.9 Å². The number of piperazine rings is 1. The number of hydrogen-bond acceptors (Lipinski definition) is 7. The van der Waals surface area contributed by atoms with Gasteiger partial charge in [0.05, 0.1) is 23.8 Å². The minimum Gasteiger partial charge on any atom is -0.384 e. The summed E-state index contributed by atoms with van der Waals surface area (Å²) in [6.45, 7) is 13.0. The predicted molar refractivity (Wildman–Crippen MR) is 136 cm³/mol. The minimum atomic E-state index is -0.906. The lowest BCUT2D eigenvalue weighted by Crippen LogP contribution is -2.53. The maximum absolute atomic E-state index is 10.7. The van der Waals surface area contributed by atoms with Crippen LogP contribution in [0.3, 0.4) is 0 Å². The van der Waals surface area contributed by atoms with Crippen LogP contribution in [0.2, 0.25) is 0 Å². The largest absolute Gasteiger partial charge is 0.384 e. The van der Waals surface area contributed by atoms with E-state index in [1.807, 2.05) is 19.9 Å². The summed E-state index contributed by atoms with van der Waals surface area (Å²) in [5, 5.41) is 20.0. The molecule has 0 aliphatic carbocycles. The average molecular weight is 461 g/mol. The SMILES string of the molecule is CCC(O)(CC)c1cnc(N2CCN(c3nnc(Cc4ccccc4)c(C)c3C)CC2C)cn1. The number of hydrogen-bond donors (Lipinski definition) is 1. The molecule has 2 aromatic heterocycles. The van der Waals surface area contributed by atoms with Gasteiger partial charge in [-0.1, -0.05) is 44.2 Å². The Hall–Kier alpha value is -3.06. The van der Waals surface area contributed by atoms with Gasteiger partial charge in [0.2, 0.25) is 0 Å². The monoisotopic (exact) mass is 460 g/mol. The molecule has 0 bridgehead atoms. The Balaban J connectivity index is 1.47. The van der Waals surface area contributed by atoms with Gasteiger partial charge in [0, 0.05) is 32.1 Å². The van der Waals surface area contributed by atoms with Crippen LogP contribution in [0.4, 0.5) is 11.6 Å². The molecule has 180 valence electrons. The van der Waals surface area contributed by atoms with Gasteiger partial charge in [-0.25, -0.2) is 4.98 Å². The maximum Gasteiger partial charge on any atom is 0.154 e. The molecule has 7 heteroatoms. The van der Waals surface area contributed by atoms with Crippen molar-refractivity contribution in [3.8, 4) is 0 Å². The zero-order valence-electron chi connectivity index (χ0n) is 21.0. The van der Waals surface area contributed by atoms with E-state index in [0.717, 1.165) is 43.4 Å². The molecule has 3 heterocycles. The van der Waals surface area contributed by atoms with Crippen LogP contribution in [0.25, 0.3) is 0 Å². The highest BCUT2D eigenvalue weighted by Gasteiger charge is 2.30. The highest BCUT2D eigenvalue weighted by atomic mass is 16.3. The molecule has 0 saturated carbocycles. The summed E-state index contributed by atoms with van der Waals surface area (Å²) in [6.07, 6.45) is 5.56. The van der Waals surface area contributed by atoms with Crippen molar-refractivity contribution >= 4 is 11.6 Å². The Kier molecular flexibility index (Phi) is 7.12. The van der Waals surface area contributed by atoms with Crippen LogP contribution < -0.4 is 9.80 Å². The lowest BCUT2D eigenvalue weighted by molar-refractivity contribution is 0.0236. The molecule has 3 aromatic rings. The first kappa shape index (κ1) is 24.1. The Bertz CT molecular complexity index is 1100. The smallest absolute Gasteiger partial charge is 0.154 e. The van der Waals surface area contributed by atoms with Crippen molar-refractivity contribution in [2.75, 3.05) is 29.4 Å². The lowest BCUT2D eigenvalue weighted by Gasteiger charge is -2.41. The topological polar surface area (TPSA) is 78.3 Å². The van der Waals surface area contributed by atoms with Gasteiger partial charge in [0.25, 0.3) is 0 Å². The average Bonchev–Trinajstić information content (AvgIpc) is 2.87. The maximum atomic E-state index is 10.7. The number of rotatable bonds is 7. The summed E-state index contributed by atoms with van der Waals surface area (Å²) < 4.78 is 0. The molecular formula is C27H36N6O. The van der Waals surface area contributed by atoms with Crippen molar-refractivity contribution in [2.45, 2.75) is 65.5 Å². The zero-order valence-corrected chi connectivity index (χ0v) is 21.0. The lowest BCUT2D eigenvalue weighted by atomic mass is 9.94. The first-order valence-corrected chi connectivity index (χ1v) is 12.3. The van der Waals surface area contributed by atoms with E-state index in [-0.39, 0.29) is 6.04 Å². The first-order chi connectivity index (χ1) is 16.4. The van der Waals surface area contributed by atoms with Gasteiger partial charge in [0.15, 0.2) is 5.82 Å². The second-order valence-corrected chi connectivity index (χ2v) is 9.37. The molecule has 4 rings (SSSR count). The van der Waals surface area contributed by atoms with Gasteiger partial charge in [-0.2, -0.15) is 5.10 Å². The Morgan fingerprint density at radius 3 is 2.32 bits per heavy atom. The summed E-state index contributed by atoms with van der Waals surface area (Å²) >= 11 is 0. The van der Waals surface area contributed by atoms with E-state index in [1.54, 1.807) is 12.4 Å². The fourth-order valence-corrected chi connectivity index (χ4v) is 4.71. The summed E-state index contributed by atoms with van der Waals surface area (Å²) in [5.41, 5.74) is 4.43. The van der Waals surface area contributed by atoms with Crippen LogP contribution in [0, 0.1) is 13.8 Å². The Morgan fingerprint density at radius 2 is 1.71 bits per heavy atom. The zero-order chi connectivity index (χ0) is 24.3. The van der Waals surface area contributed by atoms with Gasteiger partial charge >= 0.3 is 0 Å². The van der Waals surface area contributed by atoms with Gasteiger partial charge in [-0.3, -0.25) is 4.98 Å². The minimum absolute atomic E-state index is 0.246. The number of benzene rings is 1. The van der Waals surface area contributed by atoms with Crippen molar-refractivity contribution in [3.05, 3.63) is 70.8 Å². The van der Waals surface area contributed by atoms with E-state index in [9.17, 15) is 5.11 Å². The molecule has 1 N–H and O–H groups in total. The van der Waals surface area contributed by atoms with Crippen LogP contribution in [-0.2, 0) is 12.0 Å². The molecule has 7 nitrogen and oxygen atoms in total. The van der Waals surface area contributed by atoms with Crippen molar-refractivity contribution in [1.29, 1.82) is 0 Å². The van der Waals surface area contributed by atoms with Crippen LogP contribution in [0.5, 0.6) is 0 Å². The third kappa shape index (κ3) is 4.75. The van der Waals surface area contributed by atoms with Crippen LogP contribution in [0.1, 0.15) is 61.7 Å². The highest BCUT2D eigenvalue weighted by molar-refractivity contribution is 5.53. The molecule has 1 unspecified atom stereocenters. The Morgan fingerprint density at radius 1 is 0.971 bits per heavy atom. The van der Waals surface area contributed by atoms with E-state index in [1.165, 1.54) is 16.7 Å². The quantitative estimate of drug-likeness (QED) is 0.566. The molecule has 0 radical (unpaired) electrons. The molecule has 1 saturated heterocycles. The van der Waals surface area contributed by atoms with E-state index in [2.05, 4.69) is 75.0 Å². The molecule has 0 amide bonds. The molecule has 0 spiro atoms. The molecular weight excluding hydrogens is 424 g/mol. The van der Waals surface area contributed by atoms with Gasteiger partial charge in [0.1, 0.15) is 11.4 Å². The second-order valence-electron chi connectivity index (χ2n) is 9.37. The van der Waals surface area contributed by atoms with Crippen molar-refractivity contribution < 1.29 is 5.11 Å². The summed E-state index contributed by atoms with van der Waals surface area (Å²) in [6, 6.07) is 10.7. The first-order valence-electron chi connectivity index (χ1n) is 12.3.